The van der Waals surface area contributed by atoms with Crippen LogP contribution in [0.2, 0.25) is 0 Å². The fourth-order valence-corrected chi connectivity index (χ4v) is 5.72. The number of rotatable bonds is 7. The Morgan fingerprint density at radius 2 is 1.81 bits per heavy atom. The first-order chi connectivity index (χ1) is 14.8. The van der Waals surface area contributed by atoms with Crippen molar-refractivity contribution >= 4 is 85.8 Å². The van der Waals surface area contributed by atoms with E-state index in [0.29, 0.717) is 18.0 Å². The molecule has 0 unspecified atom stereocenters. The van der Waals surface area contributed by atoms with E-state index in [1.807, 2.05) is 19.1 Å². The number of anilines is 1. The van der Waals surface area contributed by atoms with Crippen LogP contribution in [-0.2, 0) is 9.59 Å². The van der Waals surface area contributed by atoms with Gasteiger partial charge in [-0.05, 0) is 112 Å². The molecule has 0 aliphatic carbocycles. The molecule has 0 aromatic heterocycles. The molecule has 162 valence electrons. The average Bonchev–Trinajstić information content (AvgIpc) is 2.98. The molecule has 1 aliphatic rings. The summed E-state index contributed by atoms with van der Waals surface area (Å²) in [5, 5.41) is 2.20. The zero-order valence-corrected chi connectivity index (χ0v) is 21.7. The van der Waals surface area contributed by atoms with Crippen LogP contribution in [0.1, 0.15) is 12.5 Å². The van der Waals surface area contributed by atoms with Gasteiger partial charge in [0.15, 0.2) is 0 Å². The second kappa shape index (κ2) is 10.7. The van der Waals surface area contributed by atoms with Crippen molar-refractivity contribution < 1.29 is 23.9 Å². The number of carbonyl (C=O) groups excluding carboxylic acids is 3. The number of imide groups is 1. The fourth-order valence-electron chi connectivity index (χ4n) is 2.75. The lowest BCUT2D eigenvalue weighted by Gasteiger charge is -2.12. The van der Waals surface area contributed by atoms with E-state index in [0.717, 1.165) is 35.1 Å². The van der Waals surface area contributed by atoms with Gasteiger partial charge in [-0.1, -0.05) is 0 Å². The van der Waals surface area contributed by atoms with Gasteiger partial charge in [-0.2, -0.15) is 0 Å². The highest BCUT2D eigenvalue weighted by atomic mass is 127. The first-order valence-corrected chi connectivity index (χ1v) is 12.1. The Kier molecular flexibility index (Phi) is 8.22. The summed E-state index contributed by atoms with van der Waals surface area (Å²) in [7, 11) is 1.55. The molecular weight excluding hydrogens is 646 g/mol. The summed E-state index contributed by atoms with van der Waals surface area (Å²) in [5.41, 5.74) is 1.33. The summed E-state index contributed by atoms with van der Waals surface area (Å²) >= 11 is 5.18. The molecule has 0 bridgehead atoms. The minimum atomic E-state index is -0.487. The molecule has 1 fully saturated rings. The molecule has 0 spiro atoms. The first kappa shape index (κ1) is 23.9. The molecule has 2 aromatic carbocycles. The third-order valence-electron chi connectivity index (χ3n) is 4.16. The highest BCUT2D eigenvalue weighted by Gasteiger charge is 2.36. The van der Waals surface area contributed by atoms with Gasteiger partial charge in [0.1, 0.15) is 18.0 Å². The van der Waals surface area contributed by atoms with Crippen molar-refractivity contribution in [1.82, 2.24) is 4.90 Å². The van der Waals surface area contributed by atoms with Gasteiger partial charge in [0, 0.05) is 5.69 Å². The number of thioether (sulfide) groups is 1. The van der Waals surface area contributed by atoms with Gasteiger partial charge in [-0.25, -0.2) is 0 Å². The molecule has 1 N–H and O–H groups in total. The van der Waals surface area contributed by atoms with Gasteiger partial charge in [-0.15, -0.1) is 0 Å². The minimum absolute atomic E-state index is 0.276. The molecule has 10 heteroatoms. The van der Waals surface area contributed by atoms with E-state index in [1.165, 1.54) is 0 Å². The van der Waals surface area contributed by atoms with Crippen molar-refractivity contribution in [2.24, 2.45) is 0 Å². The van der Waals surface area contributed by atoms with E-state index < -0.39 is 17.1 Å². The lowest BCUT2D eigenvalue weighted by Crippen LogP contribution is -2.36. The lowest BCUT2D eigenvalue weighted by atomic mass is 10.2. The predicted octanol–water partition coefficient (Wildman–Crippen LogP) is 4.98. The Bertz CT molecular complexity index is 1030. The van der Waals surface area contributed by atoms with E-state index in [-0.39, 0.29) is 11.4 Å². The molecule has 3 amide bonds. The largest absolute Gasteiger partial charge is 0.497 e. The molecule has 3 rings (SSSR count). The highest BCUT2D eigenvalue weighted by Crippen LogP contribution is 2.34. The van der Waals surface area contributed by atoms with Gasteiger partial charge in [0.2, 0.25) is 5.91 Å². The number of benzene rings is 2. The van der Waals surface area contributed by atoms with Crippen molar-refractivity contribution in [2.75, 3.05) is 25.6 Å². The predicted molar refractivity (Wildman–Crippen MR) is 137 cm³/mol. The number of nitrogens with zero attached hydrogens (tertiary/aromatic N) is 1. The standard InChI is InChI=1S/C21H18I2N2O5S/c1-3-30-19-15(22)8-12(9-16(19)23)10-17-20(27)25(21(28)31-17)11-18(26)24-13-4-6-14(29-2)7-5-13/h4-10H,3,11H2,1-2H3,(H,24,26)/b17-10+. The molecule has 0 radical (unpaired) electrons. The molecule has 1 saturated heterocycles. The second-order valence-electron chi connectivity index (χ2n) is 6.29. The van der Waals surface area contributed by atoms with E-state index in [2.05, 4.69) is 50.5 Å². The number of carbonyl (C=O) groups is 3. The zero-order chi connectivity index (χ0) is 22.5. The number of ether oxygens (including phenoxy) is 2. The maximum Gasteiger partial charge on any atom is 0.294 e. The Morgan fingerprint density at radius 1 is 1.16 bits per heavy atom. The summed E-state index contributed by atoms with van der Waals surface area (Å²) < 4.78 is 12.5. The number of nitrogens with one attached hydrogen (secondary N) is 1. The third kappa shape index (κ3) is 5.92. The van der Waals surface area contributed by atoms with Crippen LogP contribution in [-0.4, -0.2) is 42.2 Å². The Morgan fingerprint density at radius 3 is 2.39 bits per heavy atom. The molecular formula is C21H18I2N2O5S. The number of hydrogen-bond donors (Lipinski definition) is 1. The van der Waals surface area contributed by atoms with Crippen molar-refractivity contribution in [3.63, 3.8) is 0 Å². The molecule has 1 aliphatic heterocycles. The molecule has 1 heterocycles. The smallest absolute Gasteiger partial charge is 0.294 e. The zero-order valence-electron chi connectivity index (χ0n) is 16.6. The van der Waals surface area contributed by atoms with E-state index in [1.54, 1.807) is 37.5 Å². The van der Waals surface area contributed by atoms with Crippen LogP contribution in [0.3, 0.4) is 0 Å². The Balaban J connectivity index is 1.70. The number of hydrogen-bond acceptors (Lipinski definition) is 6. The molecule has 7 nitrogen and oxygen atoms in total. The van der Waals surface area contributed by atoms with Crippen molar-refractivity contribution in [3.8, 4) is 11.5 Å². The van der Waals surface area contributed by atoms with Crippen LogP contribution >= 0.6 is 56.9 Å². The topological polar surface area (TPSA) is 84.9 Å². The van der Waals surface area contributed by atoms with Crippen LogP contribution < -0.4 is 14.8 Å². The van der Waals surface area contributed by atoms with Crippen LogP contribution in [0, 0.1) is 7.14 Å². The number of methoxy groups -OCH3 is 1. The van der Waals surface area contributed by atoms with E-state index >= 15 is 0 Å². The van der Waals surface area contributed by atoms with Crippen molar-refractivity contribution in [3.05, 3.63) is 54.0 Å². The first-order valence-electron chi connectivity index (χ1n) is 9.13. The van der Waals surface area contributed by atoms with Gasteiger partial charge in [-0.3, -0.25) is 19.3 Å². The molecule has 2 aromatic rings. The molecule has 31 heavy (non-hydrogen) atoms. The fraction of sp³-hybridized carbons (Fsp3) is 0.190. The lowest BCUT2D eigenvalue weighted by molar-refractivity contribution is -0.127. The van der Waals surface area contributed by atoms with E-state index in [4.69, 9.17) is 9.47 Å². The SMILES string of the molecule is CCOc1c(I)cc(/C=C2/SC(=O)N(CC(=O)Nc3ccc(OC)cc3)C2=O)cc1I. The van der Waals surface area contributed by atoms with Gasteiger partial charge < -0.3 is 14.8 Å². The summed E-state index contributed by atoms with van der Waals surface area (Å²) in [4.78, 5) is 38.6. The number of amides is 3. The van der Waals surface area contributed by atoms with Crippen LogP contribution in [0.5, 0.6) is 11.5 Å². The maximum atomic E-state index is 12.7. The quantitative estimate of drug-likeness (QED) is 0.333. The van der Waals surface area contributed by atoms with Crippen molar-refractivity contribution in [2.45, 2.75) is 6.92 Å². The highest BCUT2D eigenvalue weighted by molar-refractivity contribution is 14.1. The van der Waals surface area contributed by atoms with Crippen LogP contribution in [0.15, 0.2) is 41.3 Å². The summed E-state index contributed by atoms with van der Waals surface area (Å²) in [5.74, 6) is 0.509. The monoisotopic (exact) mass is 664 g/mol. The maximum absolute atomic E-state index is 12.7. The van der Waals surface area contributed by atoms with Crippen LogP contribution in [0.25, 0.3) is 6.08 Å². The Labute approximate surface area is 211 Å². The summed E-state index contributed by atoms with van der Waals surface area (Å²) in [6, 6.07) is 10.5. The van der Waals surface area contributed by atoms with Gasteiger partial charge in [0.05, 0.1) is 25.8 Å². The summed E-state index contributed by atoms with van der Waals surface area (Å²) in [6.45, 7) is 2.12. The normalized spacial score (nSPS) is 14.8. The van der Waals surface area contributed by atoms with E-state index in [9.17, 15) is 14.4 Å². The molecule has 0 atom stereocenters. The third-order valence-corrected chi connectivity index (χ3v) is 6.67. The van der Waals surface area contributed by atoms with Gasteiger partial charge >= 0.3 is 0 Å². The Hall–Kier alpha value is -1.80. The average molecular weight is 664 g/mol. The number of halogens is 2. The van der Waals surface area contributed by atoms with Gasteiger partial charge in [0.25, 0.3) is 11.1 Å². The minimum Gasteiger partial charge on any atom is -0.497 e. The van der Waals surface area contributed by atoms with Crippen LogP contribution in [0.4, 0.5) is 10.5 Å². The van der Waals surface area contributed by atoms with Crippen molar-refractivity contribution in [1.29, 1.82) is 0 Å². The molecule has 0 saturated carbocycles. The second-order valence-corrected chi connectivity index (χ2v) is 9.61. The summed E-state index contributed by atoms with van der Waals surface area (Å²) in [6.07, 6.45) is 1.66.